The molecule has 8 heteroatoms. The summed E-state index contributed by atoms with van der Waals surface area (Å²) in [5.41, 5.74) is 6.03. The first kappa shape index (κ1) is 16.6. The Balaban J connectivity index is 2.80. The fourth-order valence-corrected chi connectivity index (χ4v) is 3.67. The summed E-state index contributed by atoms with van der Waals surface area (Å²) in [5, 5.41) is 0. The maximum Gasteiger partial charge on any atom is 0.240 e. The number of nitrogens with one attached hydrogen (secondary N) is 1. The third-order valence-corrected chi connectivity index (χ3v) is 5.59. The molecule has 108 valence electrons. The summed E-state index contributed by atoms with van der Waals surface area (Å²) in [7, 11) is -4.52. The summed E-state index contributed by atoms with van der Waals surface area (Å²) < 4.78 is 38.4. The molecular formula is C11H17BrN2O3S2. The van der Waals surface area contributed by atoms with E-state index in [0.717, 1.165) is 0 Å². The van der Waals surface area contributed by atoms with Gasteiger partial charge in [-0.25, -0.2) is 13.1 Å². The molecule has 3 N–H and O–H groups in total. The van der Waals surface area contributed by atoms with Gasteiger partial charge in [0, 0.05) is 39.0 Å². The van der Waals surface area contributed by atoms with Crippen LogP contribution < -0.4 is 10.5 Å². The molecule has 0 bridgehead atoms. The minimum atomic E-state index is -3.60. The number of nitrogen functional groups attached to an aromatic ring is 1. The molecule has 0 saturated carbocycles. The highest BCUT2D eigenvalue weighted by Gasteiger charge is 2.18. The standard InChI is InChI=1S/C11H17BrN2O3S2/c1-8(5-6-18(2)15)14-19(16,17)9-3-4-10(12)11(13)7-9/h3-4,7-8,14H,5-6,13H2,1-2H3. The lowest BCUT2D eigenvalue weighted by Gasteiger charge is -2.14. The normalized spacial score (nSPS) is 15.1. The van der Waals surface area contributed by atoms with E-state index in [0.29, 0.717) is 22.3 Å². The van der Waals surface area contributed by atoms with E-state index in [9.17, 15) is 12.6 Å². The minimum absolute atomic E-state index is 0.123. The van der Waals surface area contributed by atoms with Gasteiger partial charge in [0.15, 0.2) is 0 Å². The Morgan fingerprint density at radius 1 is 1.47 bits per heavy atom. The molecule has 0 aliphatic heterocycles. The average Bonchev–Trinajstić information content (AvgIpc) is 2.29. The fourth-order valence-electron chi connectivity index (χ4n) is 1.42. The molecule has 0 aliphatic carbocycles. The Bertz CT molecular complexity index is 575. The number of halogens is 1. The van der Waals surface area contributed by atoms with Crippen molar-refractivity contribution >= 4 is 42.4 Å². The first-order valence-electron chi connectivity index (χ1n) is 5.60. The molecule has 1 aromatic carbocycles. The summed E-state index contributed by atoms with van der Waals surface area (Å²) in [6.45, 7) is 1.74. The highest BCUT2D eigenvalue weighted by molar-refractivity contribution is 9.10. The van der Waals surface area contributed by atoms with Crippen LogP contribution in [-0.2, 0) is 20.8 Å². The van der Waals surface area contributed by atoms with Crippen LogP contribution in [0.1, 0.15) is 13.3 Å². The van der Waals surface area contributed by atoms with Crippen LogP contribution in [-0.4, -0.2) is 30.7 Å². The van der Waals surface area contributed by atoms with Crippen LogP contribution in [0.5, 0.6) is 0 Å². The van der Waals surface area contributed by atoms with Crippen molar-refractivity contribution in [3.63, 3.8) is 0 Å². The van der Waals surface area contributed by atoms with Gasteiger partial charge >= 0.3 is 0 Å². The van der Waals surface area contributed by atoms with Crippen molar-refractivity contribution in [1.82, 2.24) is 4.72 Å². The monoisotopic (exact) mass is 368 g/mol. The van der Waals surface area contributed by atoms with E-state index in [2.05, 4.69) is 20.7 Å². The van der Waals surface area contributed by atoms with Gasteiger partial charge in [0.2, 0.25) is 10.0 Å². The fraction of sp³-hybridized carbons (Fsp3) is 0.455. The van der Waals surface area contributed by atoms with E-state index in [-0.39, 0.29) is 10.9 Å². The third kappa shape index (κ3) is 5.21. The summed E-state index contributed by atoms with van der Waals surface area (Å²) >= 11 is 3.21. The molecule has 0 aromatic heterocycles. The van der Waals surface area contributed by atoms with Crippen LogP contribution in [0.25, 0.3) is 0 Å². The number of hydrogen-bond donors (Lipinski definition) is 2. The van der Waals surface area contributed by atoms with Crippen LogP contribution >= 0.6 is 15.9 Å². The first-order chi connectivity index (χ1) is 8.72. The highest BCUT2D eigenvalue weighted by atomic mass is 79.9. The number of anilines is 1. The van der Waals surface area contributed by atoms with E-state index in [1.807, 2.05) is 0 Å². The predicted octanol–water partition coefficient (Wildman–Crippen LogP) is 1.47. The predicted molar refractivity (Wildman–Crippen MR) is 81.9 cm³/mol. The van der Waals surface area contributed by atoms with Gasteiger partial charge in [-0.3, -0.25) is 4.21 Å². The van der Waals surface area contributed by atoms with Gasteiger partial charge in [-0.1, -0.05) is 0 Å². The molecule has 0 amide bonds. The largest absolute Gasteiger partial charge is 0.398 e. The van der Waals surface area contributed by atoms with Crippen molar-refractivity contribution in [1.29, 1.82) is 0 Å². The molecule has 0 radical (unpaired) electrons. The van der Waals surface area contributed by atoms with Crippen molar-refractivity contribution in [2.45, 2.75) is 24.3 Å². The van der Waals surface area contributed by atoms with Crippen LogP contribution in [0.2, 0.25) is 0 Å². The summed E-state index contributed by atoms with van der Waals surface area (Å²) in [6.07, 6.45) is 2.12. The molecular weight excluding hydrogens is 352 g/mol. The van der Waals surface area contributed by atoms with Crippen LogP contribution in [0, 0.1) is 0 Å². The molecule has 0 aliphatic rings. The van der Waals surface area contributed by atoms with Crippen LogP contribution in [0.3, 0.4) is 0 Å². The van der Waals surface area contributed by atoms with E-state index in [1.165, 1.54) is 12.1 Å². The molecule has 2 unspecified atom stereocenters. The van der Waals surface area contributed by atoms with Crippen molar-refractivity contribution in [2.75, 3.05) is 17.7 Å². The second-order valence-electron chi connectivity index (χ2n) is 4.27. The number of nitrogens with two attached hydrogens (primary N) is 1. The minimum Gasteiger partial charge on any atom is -0.398 e. The van der Waals surface area contributed by atoms with Crippen LogP contribution in [0.4, 0.5) is 5.69 Å². The zero-order valence-electron chi connectivity index (χ0n) is 10.7. The molecule has 0 spiro atoms. The summed E-state index contributed by atoms with van der Waals surface area (Å²) in [6, 6.07) is 4.19. The summed E-state index contributed by atoms with van der Waals surface area (Å²) in [5.74, 6) is 0.464. The summed E-state index contributed by atoms with van der Waals surface area (Å²) in [4.78, 5) is 0.123. The Morgan fingerprint density at radius 2 is 2.11 bits per heavy atom. The van der Waals surface area contributed by atoms with Gasteiger partial charge in [-0.15, -0.1) is 0 Å². The quantitative estimate of drug-likeness (QED) is 0.743. The number of benzene rings is 1. The molecule has 1 rings (SSSR count). The molecule has 19 heavy (non-hydrogen) atoms. The van der Waals surface area contributed by atoms with Gasteiger partial charge in [0.25, 0.3) is 0 Å². The molecule has 1 aromatic rings. The topological polar surface area (TPSA) is 89.3 Å². The first-order valence-corrected chi connectivity index (χ1v) is 9.60. The zero-order valence-corrected chi connectivity index (χ0v) is 13.9. The molecule has 0 heterocycles. The van der Waals surface area contributed by atoms with E-state index >= 15 is 0 Å². The van der Waals surface area contributed by atoms with Gasteiger partial charge < -0.3 is 5.73 Å². The molecule has 0 saturated heterocycles. The van der Waals surface area contributed by atoms with E-state index in [1.54, 1.807) is 19.2 Å². The number of rotatable bonds is 6. The SMILES string of the molecule is CC(CCS(C)=O)NS(=O)(=O)c1ccc(Br)c(N)c1. The van der Waals surface area contributed by atoms with E-state index in [4.69, 9.17) is 5.73 Å². The second-order valence-corrected chi connectivity index (χ2v) is 8.39. The van der Waals surface area contributed by atoms with Gasteiger partial charge in [-0.2, -0.15) is 0 Å². The van der Waals surface area contributed by atoms with Gasteiger partial charge in [-0.05, 0) is 47.5 Å². The van der Waals surface area contributed by atoms with Crippen molar-refractivity contribution in [2.24, 2.45) is 0 Å². The molecule has 2 atom stereocenters. The van der Waals surface area contributed by atoms with Crippen molar-refractivity contribution in [3.8, 4) is 0 Å². The lowest BCUT2D eigenvalue weighted by molar-refractivity contribution is 0.556. The number of sulfonamides is 1. The maximum absolute atomic E-state index is 12.1. The third-order valence-electron chi connectivity index (χ3n) is 2.47. The maximum atomic E-state index is 12.1. The number of hydrogen-bond acceptors (Lipinski definition) is 4. The van der Waals surface area contributed by atoms with Gasteiger partial charge in [0.1, 0.15) is 0 Å². The lowest BCUT2D eigenvalue weighted by atomic mass is 10.3. The van der Waals surface area contributed by atoms with Crippen molar-refractivity contribution < 1.29 is 12.6 Å². The Hall–Kier alpha value is -0.440. The van der Waals surface area contributed by atoms with E-state index < -0.39 is 20.8 Å². The molecule has 0 fully saturated rings. The van der Waals surface area contributed by atoms with Gasteiger partial charge in [0.05, 0.1) is 4.90 Å². The Morgan fingerprint density at radius 3 is 2.63 bits per heavy atom. The zero-order chi connectivity index (χ0) is 14.6. The second kappa shape index (κ2) is 6.83. The smallest absolute Gasteiger partial charge is 0.240 e. The lowest BCUT2D eigenvalue weighted by Crippen LogP contribution is -2.33. The van der Waals surface area contributed by atoms with Crippen LogP contribution in [0.15, 0.2) is 27.6 Å². The average molecular weight is 369 g/mol. The van der Waals surface area contributed by atoms with Crippen molar-refractivity contribution in [3.05, 3.63) is 22.7 Å². The highest BCUT2D eigenvalue weighted by Crippen LogP contribution is 2.22. The Labute approximate surface area is 124 Å². The molecule has 5 nitrogen and oxygen atoms in total. The Kier molecular flexibility index (Phi) is 5.97.